The Morgan fingerprint density at radius 2 is 2.05 bits per heavy atom. The minimum absolute atomic E-state index is 0.0996. The lowest BCUT2D eigenvalue weighted by atomic mass is 10.1. The number of benzene rings is 1. The van der Waals surface area contributed by atoms with Gasteiger partial charge in [-0.15, -0.1) is 11.3 Å². The second-order valence-electron chi connectivity index (χ2n) is 5.01. The SMILES string of the molecule is Cc1nc(NC(=O)[C@H]2C[C@H]2c2ccccc2)sc1C. The number of rotatable bonds is 3. The monoisotopic (exact) mass is 272 g/mol. The number of thiazole rings is 1. The molecule has 0 unspecified atom stereocenters. The molecule has 98 valence electrons. The summed E-state index contributed by atoms with van der Waals surface area (Å²) < 4.78 is 0. The summed E-state index contributed by atoms with van der Waals surface area (Å²) in [5.74, 6) is 0.581. The van der Waals surface area contributed by atoms with Gasteiger partial charge < -0.3 is 5.32 Å². The fourth-order valence-corrected chi connectivity index (χ4v) is 3.10. The Labute approximate surface area is 116 Å². The highest BCUT2D eigenvalue weighted by Gasteiger charge is 2.44. The van der Waals surface area contributed by atoms with Gasteiger partial charge in [0.25, 0.3) is 0 Å². The van der Waals surface area contributed by atoms with Gasteiger partial charge in [0.15, 0.2) is 5.13 Å². The van der Waals surface area contributed by atoms with Crippen molar-refractivity contribution in [3.05, 3.63) is 46.5 Å². The second kappa shape index (κ2) is 4.78. The molecule has 3 rings (SSSR count). The quantitative estimate of drug-likeness (QED) is 0.929. The molecule has 1 aliphatic carbocycles. The lowest BCUT2D eigenvalue weighted by Crippen LogP contribution is -2.14. The number of aryl methyl sites for hydroxylation is 2. The minimum atomic E-state index is 0.0996. The Morgan fingerprint density at radius 3 is 2.68 bits per heavy atom. The normalized spacial score (nSPS) is 21.2. The molecule has 1 N–H and O–H groups in total. The Hall–Kier alpha value is -1.68. The molecule has 1 aromatic heterocycles. The maximum absolute atomic E-state index is 12.1. The standard InChI is InChI=1S/C15H16N2OS/c1-9-10(2)19-15(16-9)17-14(18)13-8-12(13)11-6-4-3-5-7-11/h3-7,12-13H,8H2,1-2H3,(H,16,17,18)/t12-,13-/m0/s1. The third-order valence-electron chi connectivity index (χ3n) is 3.61. The first-order valence-electron chi connectivity index (χ1n) is 6.45. The molecule has 4 heteroatoms. The summed E-state index contributed by atoms with van der Waals surface area (Å²) >= 11 is 1.54. The van der Waals surface area contributed by atoms with Crippen LogP contribution in [0.3, 0.4) is 0 Å². The van der Waals surface area contributed by atoms with E-state index in [0.717, 1.165) is 22.1 Å². The van der Waals surface area contributed by atoms with Crippen LogP contribution in [-0.2, 0) is 4.79 Å². The summed E-state index contributed by atoms with van der Waals surface area (Å²) in [6.07, 6.45) is 0.944. The van der Waals surface area contributed by atoms with Crippen molar-refractivity contribution in [2.24, 2.45) is 5.92 Å². The summed E-state index contributed by atoms with van der Waals surface area (Å²) in [4.78, 5) is 17.6. The molecule has 0 radical (unpaired) electrons. The van der Waals surface area contributed by atoms with Crippen molar-refractivity contribution in [1.82, 2.24) is 4.98 Å². The molecule has 1 saturated carbocycles. The minimum Gasteiger partial charge on any atom is -0.302 e. The maximum Gasteiger partial charge on any atom is 0.229 e. The fraction of sp³-hybridized carbons (Fsp3) is 0.333. The van der Waals surface area contributed by atoms with Crippen LogP contribution in [0, 0.1) is 19.8 Å². The number of amides is 1. The van der Waals surface area contributed by atoms with Crippen LogP contribution in [-0.4, -0.2) is 10.9 Å². The van der Waals surface area contributed by atoms with Crippen LogP contribution in [0.1, 0.15) is 28.5 Å². The van der Waals surface area contributed by atoms with E-state index >= 15 is 0 Å². The number of nitrogens with zero attached hydrogens (tertiary/aromatic N) is 1. The zero-order valence-corrected chi connectivity index (χ0v) is 11.8. The van der Waals surface area contributed by atoms with E-state index in [2.05, 4.69) is 22.4 Å². The predicted molar refractivity (Wildman–Crippen MR) is 77.5 cm³/mol. The molecule has 1 amide bonds. The van der Waals surface area contributed by atoms with Crippen LogP contribution in [0.15, 0.2) is 30.3 Å². The molecular weight excluding hydrogens is 256 g/mol. The largest absolute Gasteiger partial charge is 0.302 e. The summed E-state index contributed by atoms with van der Waals surface area (Å²) in [5.41, 5.74) is 2.25. The van der Waals surface area contributed by atoms with Crippen molar-refractivity contribution in [2.75, 3.05) is 5.32 Å². The number of hydrogen-bond acceptors (Lipinski definition) is 3. The highest BCUT2D eigenvalue weighted by molar-refractivity contribution is 7.15. The lowest BCUT2D eigenvalue weighted by molar-refractivity contribution is -0.117. The number of carbonyl (C=O) groups excluding carboxylic acids is 1. The molecule has 1 heterocycles. The van der Waals surface area contributed by atoms with Crippen molar-refractivity contribution >= 4 is 22.4 Å². The Bertz CT molecular complexity index is 586. The Balaban J connectivity index is 1.64. The molecule has 1 fully saturated rings. The molecule has 1 aliphatic rings. The van der Waals surface area contributed by atoms with Crippen molar-refractivity contribution in [3.8, 4) is 0 Å². The van der Waals surface area contributed by atoms with Gasteiger partial charge in [0.1, 0.15) is 0 Å². The average molecular weight is 272 g/mol. The highest BCUT2D eigenvalue weighted by Crippen LogP contribution is 2.47. The van der Waals surface area contributed by atoms with Crippen molar-refractivity contribution in [3.63, 3.8) is 0 Å². The van der Waals surface area contributed by atoms with Gasteiger partial charge in [-0.3, -0.25) is 4.79 Å². The van der Waals surface area contributed by atoms with Gasteiger partial charge in [-0.25, -0.2) is 4.98 Å². The van der Waals surface area contributed by atoms with Crippen LogP contribution in [0.5, 0.6) is 0 Å². The summed E-state index contributed by atoms with van der Waals surface area (Å²) in [6.45, 7) is 3.98. The second-order valence-corrected chi connectivity index (χ2v) is 6.21. The topological polar surface area (TPSA) is 42.0 Å². The van der Waals surface area contributed by atoms with Crippen LogP contribution >= 0.6 is 11.3 Å². The van der Waals surface area contributed by atoms with Crippen molar-refractivity contribution in [2.45, 2.75) is 26.2 Å². The molecule has 0 bridgehead atoms. The van der Waals surface area contributed by atoms with Crippen LogP contribution < -0.4 is 5.32 Å². The summed E-state index contributed by atoms with van der Waals surface area (Å²) in [5, 5.41) is 3.65. The maximum atomic E-state index is 12.1. The smallest absolute Gasteiger partial charge is 0.229 e. The van der Waals surface area contributed by atoms with E-state index in [9.17, 15) is 4.79 Å². The zero-order chi connectivity index (χ0) is 13.4. The average Bonchev–Trinajstić information content (AvgIpc) is 3.14. The van der Waals surface area contributed by atoms with Gasteiger partial charge in [-0.05, 0) is 31.7 Å². The Morgan fingerprint density at radius 1 is 1.32 bits per heavy atom. The third kappa shape index (κ3) is 2.54. The first-order valence-corrected chi connectivity index (χ1v) is 7.26. The van der Waals surface area contributed by atoms with E-state index in [-0.39, 0.29) is 11.8 Å². The first-order chi connectivity index (χ1) is 9.15. The summed E-state index contributed by atoms with van der Waals surface area (Å²) in [6, 6.07) is 10.2. The van der Waals surface area contributed by atoms with Gasteiger partial charge in [0, 0.05) is 10.8 Å². The predicted octanol–water partition coefficient (Wildman–Crippen LogP) is 3.50. The van der Waals surface area contributed by atoms with Crippen molar-refractivity contribution < 1.29 is 4.79 Å². The third-order valence-corrected chi connectivity index (χ3v) is 4.60. The molecule has 19 heavy (non-hydrogen) atoms. The number of anilines is 1. The number of carbonyl (C=O) groups is 1. The van der Waals surface area contributed by atoms with Crippen LogP contribution in [0.2, 0.25) is 0 Å². The zero-order valence-electron chi connectivity index (χ0n) is 11.0. The van der Waals surface area contributed by atoms with E-state index in [0.29, 0.717) is 5.92 Å². The van der Waals surface area contributed by atoms with Crippen LogP contribution in [0.25, 0.3) is 0 Å². The number of hydrogen-bond donors (Lipinski definition) is 1. The molecule has 1 aromatic carbocycles. The molecule has 0 saturated heterocycles. The van der Waals surface area contributed by atoms with Crippen molar-refractivity contribution in [1.29, 1.82) is 0 Å². The van der Waals surface area contributed by atoms with Gasteiger partial charge in [0.05, 0.1) is 5.69 Å². The fourth-order valence-electron chi connectivity index (χ4n) is 2.28. The van der Waals surface area contributed by atoms with Gasteiger partial charge in [-0.1, -0.05) is 30.3 Å². The highest BCUT2D eigenvalue weighted by atomic mass is 32.1. The van der Waals surface area contributed by atoms with E-state index in [1.54, 1.807) is 11.3 Å². The molecule has 2 aromatic rings. The van der Waals surface area contributed by atoms with Gasteiger partial charge in [0.2, 0.25) is 5.91 Å². The van der Waals surface area contributed by atoms with E-state index in [1.165, 1.54) is 5.56 Å². The number of nitrogens with one attached hydrogen (secondary N) is 1. The summed E-state index contributed by atoms with van der Waals surface area (Å²) in [7, 11) is 0. The van der Waals surface area contributed by atoms with E-state index < -0.39 is 0 Å². The van der Waals surface area contributed by atoms with E-state index in [4.69, 9.17) is 0 Å². The molecule has 2 atom stereocenters. The lowest BCUT2D eigenvalue weighted by Gasteiger charge is -2.01. The Kier molecular flexibility index (Phi) is 3.11. The molecular formula is C15H16N2OS. The van der Waals surface area contributed by atoms with Gasteiger partial charge >= 0.3 is 0 Å². The molecule has 3 nitrogen and oxygen atoms in total. The van der Waals surface area contributed by atoms with Crippen LogP contribution in [0.4, 0.5) is 5.13 Å². The first kappa shape index (κ1) is 12.4. The van der Waals surface area contributed by atoms with Gasteiger partial charge in [-0.2, -0.15) is 0 Å². The number of aromatic nitrogens is 1. The molecule has 0 aliphatic heterocycles. The molecule has 0 spiro atoms. The van der Waals surface area contributed by atoms with E-state index in [1.807, 2.05) is 32.0 Å².